The number of carbonyl (C=O) groups excluding carboxylic acids is 1. The molecule has 3 heteroatoms. The van der Waals surface area contributed by atoms with E-state index in [0.29, 0.717) is 11.1 Å². The molecule has 0 radical (unpaired) electrons. The van der Waals surface area contributed by atoms with Gasteiger partial charge < -0.3 is 0 Å². The summed E-state index contributed by atoms with van der Waals surface area (Å²) in [5.74, 6) is -0.341. The van der Waals surface area contributed by atoms with Gasteiger partial charge in [-0.2, -0.15) is 0 Å². The van der Waals surface area contributed by atoms with Crippen molar-refractivity contribution >= 4 is 5.78 Å². The van der Waals surface area contributed by atoms with Gasteiger partial charge in [0.1, 0.15) is 5.82 Å². The molecule has 0 atom stereocenters. The standard InChI is InChI=1S/C14H12FNO/c1-10-8-11(5-6-13(10)15)14(17)9-12-4-2-3-7-16-12/h2-8H,9H2,1H3. The molecule has 86 valence electrons. The molecule has 1 aromatic carbocycles. The maximum Gasteiger partial charge on any atom is 0.168 e. The molecule has 0 aliphatic rings. The van der Waals surface area contributed by atoms with Crippen LogP contribution in [0.1, 0.15) is 21.6 Å². The van der Waals surface area contributed by atoms with Crippen LogP contribution in [-0.4, -0.2) is 10.8 Å². The average Bonchev–Trinajstić information content (AvgIpc) is 2.34. The van der Waals surface area contributed by atoms with E-state index in [0.717, 1.165) is 5.69 Å². The Morgan fingerprint density at radius 2 is 2.12 bits per heavy atom. The van der Waals surface area contributed by atoms with Gasteiger partial charge in [-0.15, -0.1) is 0 Å². The first-order valence-electron chi connectivity index (χ1n) is 5.36. The van der Waals surface area contributed by atoms with E-state index in [9.17, 15) is 9.18 Å². The predicted octanol–water partition coefficient (Wildman–Crippen LogP) is 2.95. The van der Waals surface area contributed by atoms with Crippen molar-refractivity contribution in [2.24, 2.45) is 0 Å². The van der Waals surface area contributed by atoms with Gasteiger partial charge in [0.2, 0.25) is 0 Å². The number of benzene rings is 1. The first-order chi connectivity index (χ1) is 8.16. The Morgan fingerprint density at radius 1 is 1.29 bits per heavy atom. The molecule has 2 rings (SSSR count). The molecule has 0 unspecified atom stereocenters. The molecule has 0 amide bonds. The highest BCUT2D eigenvalue weighted by Crippen LogP contribution is 2.11. The normalized spacial score (nSPS) is 10.2. The van der Waals surface area contributed by atoms with Gasteiger partial charge in [-0.3, -0.25) is 9.78 Å². The molecule has 2 aromatic rings. The fraction of sp³-hybridized carbons (Fsp3) is 0.143. The van der Waals surface area contributed by atoms with E-state index in [1.54, 1.807) is 31.3 Å². The fourth-order valence-electron chi connectivity index (χ4n) is 1.59. The smallest absolute Gasteiger partial charge is 0.168 e. The number of aromatic nitrogens is 1. The number of hydrogen-bond acceptors (Lipinski definition) is 2. The third-order valence-electron chi connectivity index (χ3n) is 2.55. The van der Waals surface area contributed by atoms with Crippen LogP contribution < -0.4 is 0 Å². The van der Waals surface area contributed by atoms with Crippen molar-refractivity contribution in [1.29, 1.82) is 0 Å². The Bertz CT molecular complexity index is 537. The summed E-state index contributed by atoms with van der Waals surface area (Å²) in [4.78, 5) is 16.0. The van der Waals surface area contributed by atoms with E-state index in [4.69, 9.17) is 0 Å². The van der Waals surface area contributed by atoms with E-state index in [1.165, 1.54) is 12.1 Å². The van der Waals surface area contributed by atoms with Crippen molar-refractivity contribution < 1.29 is 9.18 Å². The van der Waals surface area contributed by atoms with Crippen LogP contribution in [0.3, 0.4) is 0 Å². The van der Waals surface area contributed by atoms with Gasteiger partial charge in [0.25, 0.3) is 0 Å². The second-order valence-electron chi connectivity index (χ2n) is 3.88. The summed E-state index contributed by atoms with van der Waals surface area (Å²) in [6, 6.07) is 9.84. The number of pyridine rings is 1. The summed E-state index contributed by atoms with van der Waals surface area (Å²) in [5.41, 5.74) is 1.73. The van der Waals surface area contributed by atoms with Crippen molar-refractivity contribution in [3.8, 4) is 0 Å². The average molecular weight is 229 g/mol. The van der Waals surface area contributed by atoms with Crippen molar-refractivity contribution in [3.63, 3.8) is 0 Å². The van der Waals surface area contributed by atoms with Crippen molar-refractivity contribution in [2.45, 2.75) is 13.3 Å². The van der Waals surface area contributed by atoms with Crippen molar-refractivity contribution in [3.05, 3.63) is 65.2 Å². The van der Waals surface area contributed by atoms with Gasteiger partial charge in [-0.25, -0.2) is 4.39 Å². The van der Waals surface area contributed by atoms with Crippen LogP contribution in [0, 0.1) is 12.7 Å². The Balaban J connectivity index is 2.18. The molecule has 0 aliphatic heterocycles. The number of aryl methyl sites for hydroxylation is 1. The zero-order valence-electron chi connectivity index (χ0n) is 9.48. The summed E-state index contributed by atoms with van der Waals surface area (Å²) in [7, 11) is 0. The molecular weight excluding hydrogens is 217 g/mol. The number of carbonyl (C=O) groups is 1. The van der Waals surface area contributed by atoms with Gasteiger partial charge in [-0.1, -0.05) is 6.07 Å². The minimum atomic E-state index is -0.292. The molecule has 17 heavy (non-hydrogen) atoms. The van der Waals surface area contributed by atoms with Crippen LogP contribution in [0.25, 0.3) is 0 Å². The number of ketones is 1. The molecular formula is C14H12FNO. The summed E-state index contributed by atoms with van der Waals surface area (Å²) < 4.78 is 13.1. The predicted molar refractivity (Wildman–Crippen MR) is 63.4 cm³/mol. The molecule has 0 aliphatic carbocycles. The molecule has 2 nitrogen and oxygen atoms in total. The van der Waals surface area contributed by atoms with Crippen LogP contribution in [0.4, 0.5) is 4.39 Å². The topological polar surface area (TPSA) is 30.0 Å². The van der Waals surface area contributed by atoms with E-state index in [-0.39, 0.29) is 18.0 Å². The summed E-state index contributed by atoms with van der Waals surface area (Å²) in [6.07, 6.45) is 1.89. The van der Waals surface area contributed by atoms with Crippen molar-refractivity contribution in [2.75, 3.05) is 0 Å². The monoisotopic (exact) mass is 229 g/mol. The maximum atomic E-state index is 13.1. The van der Waals surface area contributed by atoms with Gasteiger partial charge in [0, 0.05) is 17.5 Å². The van der Waals surface area contributed by atoms with E-state index >= 15 is 0 Å². The highest BCUT2D eigenvalue weighted by atomic mass is 19.1. The lowest BCUT2D eigenvalue weighted by atomic mass is 10.0. The SMILES string of the molecule is Cc1cc(C(=O)Cc2ccccn2)ccc1F. The van der Waals surface area contributed by atoms with Crippen LogP contribution in [0.2, 0.25) is 0 Å². The second-order valence-corrected chi connectivity index (χ2v) is 3.88. The summed E-state index contributed by atoms with van der Waals surface area (Å²) in [5, 5.41) is 0. The Kier molecular flexibility index (Phi) is 3.28. The van der Waals surface area contributed by atoms with E-state index in [2.05, 4.69) is 4.98 Å². The molecule has 0 fully saturated rings. The van der Waals surface area contributed by atoms with Crippen molar-refractivity contribution in [1.82, 2.24) is 4.98 Å². The maximum absolute atomic E-state index is 13.1. The zero-order chi connectivity index (χ0) is 12.3. The number of nitrogens with zero attached hydrogens (tertiary/aromatic N) is 1. The number of rotatable bonds is 3. The Labute approximate surface area is 99.1 Å². The number of hydrogen-bond donors (Lipinski definition) is 0. The summed E-state index contributed by atoms with van der Waals surface area (Å²) in [6.45, 7) is 1.65. The first-order valence-corrected chi connectivity index (χ1v) is 5.36. The minimum absolute atomic E-state index is 0.0493. The molecule has 1 heterocycles. The van der Waals surface area contributed by atoms with E-state index < -0.39 is 0 Å². The van der Waals surface area contributed by atoms with Crippen LogP contribution >= 0.6 is 0 Å². The van der Waals surface area contributed by atoms with Crippen LogP contribution in [-0.2, 0) is 6.42 Å². The molecule has 0 N–H and O–H groups in total. The molecule has 0 spiro atoms. The lowest BCUT2D eigenvalue weighted by molar-refractivity contribution is 0.0992. The Hall–Kier alpha value is -2.03. The van der Waals surface area contributed by atoms with Gasteiger partial charge in [0.15, 0.2) is 5.78 Å². The molecule has 0 bridgehead atoms. The quantitative estimate of drug-likeness (QED) is 0.757. The number of Topliss-reactive ketones (excluding diaryl/α,β-unsaturated/α-hetero) is 1. The third kappa shape index (κ3) is 2.75. The fourth-order valence-corrected chi connectivity index (χ4v) is 1.59. The zero-order valence-corrected chi connectivity index (χ0v) is 9.48. The second kappa shape index (κ2) is 4.87. The lowest BCUT2D eigenvalue weighted by Gasteiger charge is -2.02. The molecule has 1 aromatic heterocycles. The first kappa shape index (κ1) is 11.5. The largest absolute Gasteiger partial charge is 0.294 e. The highest BCUT2D eigenvalue weighted by molar-refractivity contribution is 5.97. The van der Waals surface area contributed by atoms with E-state index in [1.807, 2.05) is 6.07 Å². The van der Waals surface area contributed by atoms with Gasteiger partial charge >= 0.3 is 0 Å². The third-order valence-corrected chi connectivity index (χ3v) is 2.55. The van der Waals surface area contributed by atoms with Gasteiger partial charge in [-0.05, 0) is 42.8 Å². The van der Waals surface area contributed by atoms with Gasteiger partial charge in [0.05, 0.1) is 6.42 Å². The van der Waals surface area contributed by atoms with Crippen LogP contribution in [0.5, 0.6) is 0 Å². The lowest BCUT2D eigenvalue weighted by Crippen LogP contribution is -2.05. The Morgan fingerprint density at radius 3 is 2.76 bits per heavy atom. The van der Waals surface area contributed by atoms with Crippen LogP contribution in [0.15, 0.2) is 42.6 Å². The molecule has 0 saturated carbocycles. The molecule has 0 saturated heterocycles. The minimum Gasteiger partial charge on any atom is -0.294 e. The highest BCUT2D eigenvalue weighted by Gasteiger charge is 2.09. The summed E-state index contributed by atoms with van der Waals surface area (Å²) >= 11 is 0. The number of halogens is 1.